The van der Waals surface area contributed by atoms with Gasteiger partial charge in [-0.15, -0.1) is 12.4 Å². The SMILES string of the molecule is COC(=O)c1nc(-c2cccc3c2ncn3C)c(C2CC2)nc1Nc1cn(C2CCNCC2)nc1C.Cl. The Morgan fingerprint density at radius 2 is 1.95 bits per heavy atom. The first kappa shape index (κ1) is 25.2. The van der Waals surface area contributed by atoms with Gasteiger partial charge in [-0.2, -0.15) is 5.10 Å². The molecule has 0 spiro atoms. The molecule has 4 aromatic rings. The fourth-order valence-corrected chi connectivity index (χ4v) is 4.95. The third kappa shape index (κ3) is 4.67. The highest BCUT2D eigenvalue weighted by Crippen LogP contribution is 2.44. The van der Waals surface area contributed by atoms with E-state index >= 15 is 0 Å². The number of benzene rings is 1. The first-order chi connectivity index (χ1) is 17.5. The maximum absolute atomic E-state index is 12.9. The van der Waals surface area contributed by atoms with Crippen LogP contribution in [0, 0.1) is 6.92 Å². The molecule has 6 rings (SSSR count). The zero-order valence-corrected chi connectivity index (χ0v) is 22.0. The van der Waals surface area contributed by atoms with Crippen molar-refractivity contribution < 1.29 is 9.53 Å². The fraction of sp³-hybridized carbons (Fsp3) is 0.423. The Labute approximate surface area is 221 Å². The van der Waals surface area contributed by atoms with Crippen molar-refractivity contribution in [3.05, 3.63) is 47.8 Å². The molecule has 1 aliphatic heterocycles. The van der Waals surface area contributed by atoms with Crippen LogP contribution in [0.3, 0.4) is 0 Å². The van der Waals surface area contributed by atoms with Crippen molar-refractivity contribution in [1.29, 1.82) is 0 Å². The van der Waals surface area contributed by atoms with Crippen molar-refractivity contribution in [1.82, 2.24) is 34.6 Å². The summed E-state index contributed by atoms with van der Waals surface area (Å²) in [5.41, 5.74) is 6.09. The molecule has 3 aromatic heterocycles. The molecule has 1 aliphatic carbocycles. The van der Waals surface area contributed by atoms with Crippen LogP contribution < -0.4 is 10.6 Å². The molecule has 0 atom stereocenters. The molecular formula is C26H31ClN8O2. The Morgan fingerprint density at radius 3 is 2.68 bits per heavy atom. The number of para-hydroxylation sites is 1. The number of hydrogen-bond acceptors (Lipinski definition) is 8. The third-order valence-electron chi connectivity index (χ3n) is 7.13. The molecule has 2 N–H and O–H groups in total. The Balaban J connectivity index is 0.00000280. The number of piperidine rings is 1. The van der Waals surface area contributed by atoms with E-state index < -0.39 is 5.97 Å². The van der Waals surface area contributed by atoms with E-state index in [-0.39, 0.29) is 18.1 Å². The molecule has 37 heavy (non-hydrogen) atoms. The van der Waals surface area contributed by atoms with Crippen molar-refractivity contribution in [2.75, 3.05) is 25.5 Å². The summed E-state index contributed by atoms with van der Waals surface area (Å²) in [7, 11) is 3.33. The molecule has 0 unspecified atom stereocenters. The first-order valence-corrected chi connectivity index (χ1v) is 12.5. The number of esters is 1. The summed E-state index contributed by atoms with van der Waals surface area (Å²) in [6, 6.07) is 6.36. The van der Waals surface area contributed by atoms with Crippen LogP contribution in [0.5, 0.6) is 0 Å². The minimum Gasteiger partial charge on any atom is -0.464 e. The number of halogens is 1. The van der Waals surface area contributed by atoms with Crippen molar-refractivity contribution in [3.8, 4) is 11.3 Å². The molecule has 2 aliphatic rings. The van der Waals surface area contributed by atoms with Crippen LogP contribution in [0.2, 0.25) is 0 Å². The minimum atomic E-state index is -0.537. The minimum absolute atomic E-state index is 0. The zero-order chi connectivity index (χ0) is 24.8. The van der Waals surface area contributed by atoms with Gasteiger partial charge in [0.05, 0.1) is 53.3 Å². The van der Waals surface area contributed by atoms with Gasteiger partial charge in [-0.25, -0.2) is 19.7 Å². The monoisotopic (exact) mass is 522 g/mol. The summed E-state index contributed by atoms with van der Waals surface area (Å²) in [5.74, 6) is 0.163. The van der Waals surface area contributed by atoms with Gasteiger partial charge in [0.2, 0.25) is 0 Å². The number of ether oxygens (including phenoxy) is 1. The lowest BCUT2D eigenvalue weighted by atomic mass is 10.0. The standard InChI is InChI=1S/C26H30N8O2.ClH/c1-15-19(13-34(32-15)17-9-11-27-12-10-17)29-25-24(26(35)36-3)30-23(21(31-25)16-7-8-16)18-5-4-6-20-22(18)28-14-33(20)2;/h4-6,13-14,16-17,27H,7-12H2,1-3H3,(H,29,31);1H. The summed E-state index contributed by atoms with van der Waals surface area (Å²) in [5, 5.41) is 11.5. The van der Waals surface area contributed by atoms with Crippen LogP contribution in [-0.2, 0) is 11.8 Å². The van der Waals surface area contributed by atoms with Crippen molar-refractivity contribution in [2.24, 2.45) is 7.05 Å². The number of nitrogens with one attached hydrogen (secondary N) is 2. The number of aryl methyl sites for hydroxylation is 2. The van der Waals surface area contributed by atoms with E-state index in [1.54, 1.807) is 6.33 Å². The summed E-state index contributed by atoms with van der Waals surface area (Å²) < 4.78 is 9.12. The van der Waals surface area contributed by atoms with E-state index in [0.717, 1.165) is 72.4 Å². The molecular weight excluding hydrogens is 492 g/mol. The molecule has 4 heterocycles. The molecule has 194 valence electrons. The van der Waals surface area contributed by atoms with E-state index in [9.17, 15) is 4.79 Å². The van der Waals surface area contributed by atoms with Gasteiger partial charge in [-0.05, 0) is 51.8 Å². The number of anilines is 2. The fourth-order valence-electron chi connectivity index (χ4n) is 4.95. The lowest BCUT2D eigenvalue weighted by Gasteiger charge is -2.22. The van der Waals surface area contributed by atoms with Gasteiger partial charge in [0, 0.05) is 24.7 Å². The lowest BCUT2D eigenvalue weighted by molar-refractivity contribution is 0.0595. The van der Waals surface area contributed by atoms with E-state index in [2.05, 4.69) is 15.6 Å². The van der Waals surface area contributed by atoms with Gasteiger partial charge in [-0.1, -0.05) is 12.1 Å². The summed E-state index contributed by atoms with van der Waals surface area (Å²) in [4.78, 5) is 27.4. The quantitative estimate of drug-likeness (QED) is 0.361. The number of carbonyl (C=O) groups is 1. The molecule has 1 saturated heterocycles. The molecule has 0 radical (unpaired) electrons. The third-order valence-corrected chi connectivity index (χ3v) is 7.13. The summed E-state index contributed by atoms with van der Waals surface area (Å²) in [6.45, 7) is 3.93. The number of hydrogen-bond donors (Lipinski definition) is 2. The average molecular weight is 523 g/mol. The summed E-state index contributed by atoms with van der Waals surface area (Å²) in [6.07, 6.45) is 7.96. The van der Waals surface area contributed by atoms with E-state index in [1.165, 1.54) is 7.11 Å². The van der Waals surface area contributed by atoms with E-state index in [1.807, 2.05) is 47.6 Å². The topological polar surface area (TPSA) is 112 Å². The second kappa shape index (κ2) is 10.1. The van der Waals surface area contributed by atoms with E-state index in [0.29, 0.717) is 23.5 Å². The maximum Gasteiger partial charge on any atom is 0.360 e. The lowest BCUT2D eigenvalue weighted by Crippen LogP contribution is -2.29. The number of rotatable bonds is 6. The highest BCUT2D eigenvalue weighted by atomic mass is 35.5. The van der Waals surface area contributed by atoms with Crippen molar-refractivity contribution >= 4 is 40.9 Å². The Kier molecular flexibility index (Phi) is 6.87. The van der Waals surface area contributed by atoms with E-state index in [4.69, 9.17) is 19.8 Å². The average Bonchev–Trinajstić information content (AvgIpc) is 3.60. The van der Waals surface area contributed by atoms with Gasteiger partial charge < -0.3 is 19.9 Å². The van der Waals surface area contributed by atoms with Gasteiger partial charge in [0.25, 0.3) is 0 Å². The summed E-state index contributed by atoms with van der Waals surface area (Å²) >= 11 is 0. The van der Waals surface area contributed by atoms with Gasteiger partial charge in [0.1, 0.15) is 0 Å². The predicted octanol–water partition coefficient (Wildman–Crippen LogP) is 4.29. The van der Waals surface area contributed by atoms with Gasteiger partial charge in [0.15, 0.2) is 11.5 Å². The number of methoxy groups -OCH3 is 1. The smallest absolute Gasteiger partial charge is 0.360 e. The molecule has 2 fully saturated rings. The first-order valence-electron chi connectivity index (χ1n) is 12.5. The second-order valence-corrected chi connectivity index (χ2v) is 9.66. The maximum atomic E-state index is 12.9. The van der Waals surface area contributed by atoms with Crippen LogP contribution >= 0.6 is 12.4 Å². The normalized spacial score (nSPS) is 16.0. The molecule has 1 aromatic carbocycles. The van der Waals surface area contributed by atoms with Crippen LogP contribution in [0.25, 0.3) is 22.3 Å². The second-order valence-electron chi connectivity index (χ2n) is 9.66. The zero-order valence-electron chi connectivity index (χ0n) is 21.2. The van der Waals surface area contributed by atoms with Crippen molar-refractivity contribution in [2.45, 2.75) is 44.6 Å². The molecule has 0 amide bonds. The number of nitrogens with zero attached hydrogens (tertiary/aromatic N) is 6. The van der Waals surface area contributed by atoms with Crippen molar-refractivity contribution in [3.63, 3.8) is 0 Å². The largest absolute Gasteiger partial charge is 0.464 e. The molecule has 10 nitrogen and oxygen atoms in total. The van der Waals surface area contributed by atoms with Crippen LogP contribution in [-0.4, -0.2) is 55.5 Å². The number of imidazole rings is 1. The van der Waals surface area contributed by atoms with Gasteiger partial charge >= 0.3 is 5.97 Å². The molecule has 11 heteroatoms. The van der Waals surface area contributed by atoms with Crippen LogP contribution in [0.1, 0.15) is 59.5 Å². The number of carbonyl (C=O) groups excluding carboxylic acids is 1. The highest BCUT2D eigenvalue weighted by molar-refractivity contribution is 5.96. The van der Waals surface area contributed by atoms with Crippen LogP contribution in [0.4, 0.5) is 11.5 Å². The van der Waals surface area contributed by atoms with Gasteiger partial charge in [-0.3, -0.25) is 4.68 Å². The highest BCUT2D eigenvalue weighted by Gasteiger charge is 2.33. The molecule has 1 saturated carbocycles. The number of fused-ring (bicyclic) bond motifs is 1. The number of aromatic nitrogens is 6. The molecule has 0 bridgehead atoms. The van der Waals surface area contributed by atoms with Crippen LogP contribution in [0.15, 0.2) is 30.7 Å². The Hall–Kier alpha value is -3.50. The predicted molar refractivity (Wildman–Crippen MR) is 144 cm³/mol. The Morgan fingerprint density at radius 1 is 1.16 bits per heavy atom. The Bertz CT molecular complexity index is 1450.